The standard InChI is InChI=1S/C26H36O3/c1-4-5-6-7-8-9-12-20-29-25-17-11-10-16-24(25)19-18-22(2)14-13-15-23(3)21-26(27)28/h10-11,13-19,21H,4-9,12,20H2,1-3H3,(H,27,28)/b15-13+,19-18+,22-14+,23-21-. The minimum atomic E-state index is -0.930. The Hall–Kier alpha value is -2.55. The second-order valence-corrected chi connectivity index (χ2v) is 7.34. The zero-order valence-electron chi connectivity index (χ0n) is 18.2. The van der Waals surface area contributed by atoms with Crippen molar-refractivity contribution in [2.24, 2.45) is 0 Å². The molecule has 0 saturated carbocycles. The number of allylic oxidation sites excluding steroid dienone is 6. The van der Waals surface area contributed by atoms with Crippen molar-refractivity contribution in [1.29, 1.82) is 0 Å². The molecule has 0 saturated heterocycles. The van der Waals surface area contributed by atoms with Crippen molar-refractivity contribution in [2.75, 3.05) is 6.61 Å². The maximum Gasteiger partial charge on any atom is 0.328 e. The summed E-state index contributed by atoms with van der Waals surface area (Å²) >= 11 is 0. The van der Waals surface area contributed by atoms with Crippen molar-refractivity contribution in [3.8, 4) is 5.75 Å². The average molecular weight is 397 g/mol. The van der Waals surface area contributed by atoms with Gasteiger partial charge < -0.3 is 9.84 Å². The third kappa shape index (κ3) is 12.5. The van der Waals surface area contributed by atoms with Gasteiger partial charge in [-0.3, -0.25) is 0 Å². The molecule has 1 N–H and O–H groups in total. The van der Waals surface area contributed by atoms with Crippen LogP contribution in [0.4, 0.5) is 0 Å². The summed E-state index contributed by atoms with van der Waals surface area (Å²) in [6.45, 7) is 6.78. The molecule has 0 aromatic heterocycles. The van der Waals surface area contributed by atoms with E-state index in [4.69, 9.17) is 9.84 Å². The van der Waals surface area contributed by atoms with Crippen molar-refractivity contribution in [3.05, 3.63) is 71.4 Å². The summed E-state index contributed by atoms with van der Waals surface area (Å²) < 4.78 is 6.00. The van der Waals surface area contributed by atoms with Crippen LogP contribution in [0.5, 0.6) is 5.75 Å². The Morgan fingerprint density at radius 2 is 1.66 bits per heavy atom. The third-order valence-corrected chi connectivity index (χ3v) is 4.52. The molecule has 1 aromatic carbocycles. The third-order valence-electron chi connectivity index (χ3n) is 4.52. The van der Waals surface area contributed by atoms with E-state index in [9.17, 15) is 4.79 Å². The molecule has 0 radical (unpaired) electrons. The predicted molar refractivity (Wildman–Crippen MR) is 123 cm³/mol. The lowest BCUT2D eigenvalue weighted by molar-refractivity contribution is -0.131. The van der Waals surface area contributed by atoms with Crippen LogP contribution in [-0.2, 0) is 4.79 Å². The first kappa shape index (κ1) is 24.5. The topological polar surface area (TPSA) is 46.5 Å². The van der Waals surface area contributed by atoms with Crippen LogP contribution < -0.4 is 4.74 Å². The van der Waals surface area contributed by atoms with E-state index in [0.717, 1.165) is 29.9 Å². The van der Waals surface area contributed by atoms with Gasteiger partial charge >= 0.3 is 5.97 Å². The Morgan fingerprint density at radius 1 is 0.966 bits per heavy atom. The van der Waals surface area contributed by atoms with Gasteiger partial charge in [-0.15, -0.1) is 0 Å². The second-order valence-electron chi connectivity index (χ2n) is 7.34. The van der Waals surface area contributed by atoms with Crippen molar-refractivity contribution in [3.63, 3.8) is 0 Å². The summed E-state index contributed by atoms with van der Waals surface area (Å²) in [5.74, 6) is -0.0147. The van der Waals surface area contributed by atoms with E-state index in [1.165, 1.54) is 44.6 Å². The molecule has 0 aliphatic carbocycles. The molecule has 0 unspecified atom stereocenters. The number of carbonyl (C=O) groups is 1. The maximum atomic E-state index is 10.6. The van der Waals surface area contributed by atoms with Crippen molar-refractivity contribution >= 4 is 12.0 Å². The van der Waals surface area contributed by atoms with Crippen molar-refractivity contribution < 1.29 is 14.6 Å². The van der Waals surface area contributed by atoms with Crippen LogP contribution in [-0.4, -0.2) is 17.7 Å². The van der Waals surface area contributed by atoms with Crippen LogP contribution >= 0.6 is 0 Å². The molecule has 0 aliphatic heterocycles. The number of unbranched alkanes of at least 4 members (excludes halogenated alkanes) is 6. The van der Waals surface area contributed by atoms with E-state index in [2.05, 4.69) is 19.1 Å². The molecule has 0 bridgehead atoms. The van der Waals surface area contributed by atoms with Crippen molar-refractivity contribution in [2.45, 2.75) is 65.7 Å². The summed E-state index contributed by atoms with van der Waals surface area (Å²) in [6, 6.07) is 8.08. The molecular formula is C26H36O3. The van der Waals surface area contributed by atoms with Crippen LogP contribution in [0.2, 0.25) is 0 Å². The number of carboxylic acid groups (broad SMARTS) is 1. The molecule has 0 fully saturated rings. The summed E-state index contributed by atoms with van der Waals surface area (Å²) in [6.07, 6.45) is 19.8. The van der Waals surface area contributed by atoms with Gasteiger partial charge in [0.2, 0.25) is 0 Å². The number of rotatable bonds is 14. The minimum absolute atomic E-state index is 0.703. The van der Waals surface area contributed by atoms with E-state index < -0.39 is 5.97 Å². The average Bonchev–Trinajstić information content (AvgIpc) is 2.68. The fourth-order valence-corrected chi connectivity index (χ4v) is 2.86. The first-order valence-corrected chi connectivity index (χ1v) is 10.7. The molecule has 1 rings (SSSR count). The Balaban J connectivity index is 2.50. The highest BCUT2D eigenvalue weighted by molar-refractivity contribution is 5.81. The van der Waals surface area contributed by atoms with E-state index in [1.807, 2.05) is 43.4 Å². The second kappa shape index (κ2) is 15.4. The molecule has 0 aliphatic rings. The van der Waals surface area contributed by atoms with E-state index in [0.29, 0.717) is 5.57 Å². The van der Waals surface area contributed by atoms with E-state index >= 15 is 0 Å². The lowest BCUT2D eigenvalue weighted by Crippen LogP contribution is -1.98. The van der Waals surface area contributed by atoms with Gasteiger partial charge in [0.1, 0.15) is 5.75 Å². The molecule has 3 heteroatoms. The number of carboxylic acids is 1. The zero-order valence-corrected chi connectivity index (χ0v) is 18.2. The number of hydrogen-bond donors (Lipinski definition) is 1. The predicted octanol–water partition coefficient (Wildman–Crippen LogP) is 7.36. The highest BCUT2D eigenvalue weighted by Gasteiger charge is 2.00. The summed E-state index contributed by atoms with van der Waals surface area (Å²) in [4.78, 5) is 10.6. The first-order valence-electron chi connectivity index (χ1n) is 10.7. The normalized spacial score (nSPS) is 12.8. The lowest BCUT2D eigenvalue weighted by atomic mass is 10.1. The Bertz CT molecular complexity index is 723. The summed E-state index contributed by atoms with van der Waals surface area (Å²) in [5, 5.41) is 8.72. The number of para-hydroxylation sites is 1. The van der Waals surface area contributed by atoms with Gasteiger partial charge in [0.25, 0.3) is 0 Å². The molecule has 29 heavy (non-hydrogen) atoms. The molecule has 158 valence electrons. The van der Waals surface area contributed by atoms with Gasteiger partial charge in [0, 0.05) is 11.6 Å². The molecule has 0 spiro atoms. The molecule has 0 atom stereocenters. The zero-order chi connectivity index (χ0) is 21.3. The maximum absolute atomic E-state index is 10.6. The van der Waals surface area contributed by atoms with Gasteiger partial charge in [-0.1, -0.05) is 99.6 Å². The smallest absolute Gasteiger partial charge is 0.328 e. The number of ether oxygens (including phenoxy) is 1. The number of benzene rings is 1. The van der Waals surface area contributed by atoms with Crippen LogP contribution in [0.25, 0.3) is 6.08 Å². The van der Waals surface area contributed by atoms with Crippen LogP contribution in [0.1, 0.15) is 71.3 Å². The Kier molecular flexibility index (Phi) is 13.0. The fraction of sp³-hybridized carbons (Fsp3) is 0.423. The van der Waals surface area contributed by atoms with Gasteiger partial charge in [0.15, 0.2) is 0 Å². The number of hydrogen-bond acceptors (Lipinski definition) is 2. The van der Waals surface area contributed by atoms with Gasteiger partial charge in [-0.25, -0.2) is 4.79 Å². The van der Waals surface area contributed by atoms with Gasteiger partial charge in [-0.2, -0.15) is 0 Å². The minimum Gasteiger partial charge on any atom is -0.493 e. The molecular weight excluding hydrogens is 360 g/mol. The van der Waals surface area contributed by atoms with E-state index in [1.54, 1.807) is 13.0 Å². The van der Waals surface area contributed by atoms with Crippen LogP contribution in [0, 0.1) is 0 Å². The van der Waals surface area contributed by atoms with Crippen molar-refractivity contribution in [1.82, 2.24) is 0 Å². The number of aliphatic carboxylic acids is 1. The quantitative estimate of drug-likeness (QED) is 0.203. The monoisotopic (exact) mass is 396 g/mol. The molecule has 0 heterocycles. The summed E-state index contributed by atoms with van der Waals surface area (Å²) in [5.41, 5.74) is 2.84. The molecule has 3 nitrogen and oxygen atoms in total. The first-order chi connectivity index (χ1) is 14.0. The highest BCUT2D eigenvalue weighted by Crippen LogP contribution is 2.21. The Labute approximate surface area is 176 Å². The lowest BCUT2D eigenvalue weighted by Gasteiger charge is -2.09. The molecule has 0 amide bonds. The Morgan fingerprint density at radius 3 is 2.38 bits per heavy atom. The largest absolute Gasteiger partial charge is 0.493 e. The fourth-order valence-electron chi connectivity index (χ4n) is 2.86. The highest BCUT2D eigenvalue weighted by atomic mass is 16.5. The van der Waals surface area contributed by atoms with Crippen LogP contribution in [0.3, 0.4) is 0 Å². The SMILES string of the molecule is CCCCCCCCCOc1ccccc1/C=C/C(C)=C/C=C/C(C)=C\C(=O)O. The summed E-state index contributed by atoms with van der Waals surface area (Å²) in [7, 11) is 0. The van der Waals surface area contributed by atoms with E-state index in [-0.39, 0.29) is 0 Å². The van der Waals surface area contributed by atoms with Gasteiger partial charge in [-0.05, 0) is 31.9 Å². The van der Waals surface area contributed by atoms with Crippen LogP contribution in [0.15, 0.2) is 65.8 Å². The molecule has 1 aromatic rings. The van der Waals surface area contributed by atoms with Gasteiger partial charge in [0.05, 0.1) is 6.61 Å².